The van der Waals surface area contributed by atoms with Gasteiger partial charge in [-0.3, -0.25) is 4.90 Å². The van der Waals surface area contributed by atoms with Crippen LogP contribution in [0.2, 0.25) is 0 Å². The summed E-state index contributed by atoms with van der Waals surface area (Å²) in [4.78, 5) is 14.5. The van der Waals surface area contributed by atoms with Gasteiger partial charge in [-0.25, -0.2) is 9.97 Å². The minimum Gasteiger partial charge on any atom is -0.494 e. The number of fused-ring (bicyclic) bond motifs is 1. The Morgan fingerprint density at radius 1 is 0.938 bits per heavy atom. The van der Waals surface area contributed by atoms with Crippen LogP contribution in [-0.2, 0) is 6.54 Å². The van der Waals surface area contributed by atoms with E-state index in [0.29, 0.717) is 13.2 Å². The monoisotopic (exact) mass is 436 g/mol. The van der Waals surface area contributed by atoms with Crippen LogP contribution >= 0.6 is 0 Å². The second kappa shape index (κ2) is 10.6. The maximum Gasteiger partial charge on any atom is 0.226 e. The van der Waals surface area contributed by atoms with E-state index in [1.54, 1.807) is 0 Å². The van der Waals surface area contributed by atoms with E-state index < -0.39 is 0 Å². The summed E-state index contributed by atoms with van der Waals surface area (Å²) < 4.78 is 11.1. The van der Waals surface area contributed by atoms with Crippen LogP contribution in [0.15, 0.2) is 42.5 Å². The van der Waals surface area contributed by atoms with Gasteiger partial charge >= 0.3 is 0 Å². The van der Waals surface area contributed by atoms with Crippen LogP contribution in [0, 0.1) is 6.92 Å². The molecule has 32 heavy (non-hydrogen) atoms. The van der Waals surface area contributed by atoms with E-state index in [-0.39, 0.29) is 6.61 Å². The number of anilines is 1. The van der Waals surface area contributed by atoms with E-state index in [0.717, 1.165) is 73.2 Å². The molecule has 0 radical (unpaired) electrons. The van der Waals surface area contributed by atoms with Crippen LogP contribution < -0.4 is 14.4 Å². The minimum atomic E-state index is 0.0286. The molecule has 0 saturated carbocycles. The van der Waals surface area contributed by atoms with Crippen molar-refractivity contribution in [2.75, 3.05) is 50.9 Å². The van der Waals surface area contributed by atoms with Crippen LogP contribution in [0.1, 0.15) is 24.6 Å². The maximum absolute atomic E-state index is 8.88. The van der Waals surface area contributed by atoms with Crippen LogP contribution in [0.4, 0.5) is 5.95 Å². The van der Waals surface area contributed by atoms with Crippen molar-refractivity contribution in [3.63, 3.8) is 0 Å². The van der Waals surface area contributed by atoms with Gasteiger partial charge in [0.15, 0.2) is 0 Å². The first-order valence-corrected chi connectivity index (χ1v) is 11.4. The molecule has 170 valence electrons. The van der Waals surface area contributed by atoms with E-state index in [1.165, 1.54) is 5.56 Å². The molecule has 1 N–H and O–H groups in total. The zero-order valence-electron chi connectivity index (χ0n) is 19.0. The molecule has 0 unspecified atom stereocenters. The summed E-state index contributed by atoms with van der Waals surface area (Å²) in [6.07, 6.45) is 1.07. The van der Waals surface area contributed by atoms with Gasteiger partial charge in [-0.05, 0) is 56.2 Å². The third-order valence-electron chi connectivity index (χ3n) is 5.72. The normalized spacial score (nSPS) is 15.0. The number of aliphatic hydroxyl groups excluding tert-OH is 1. The Morgan fingerprint density at radius 3 is 2.53 bits per heavy atom. The summed E-state index contributed by atoms with van der Waals surface area (Å²) in [5, 5.41) is 9.92. The average Bonchev–Trinajstić information content (AvgIpc) is 3.05. The number of aromatic nitrogens is 2. The van der Waals surface area contributed by atoms with Crippen LogP contribution in [-0.4, -0.2) is 66.0 Å². The van der Waals surface area contributed by atoms with Crippen molar-refractivity contribution in [1.82, 2.24) is 14.9 Å². The molecule has 0 atom stereocenters. The van der Waals surface area contributed by atoms with Crippen molar-refractivity contribution in [1.29, 1.82) is 0 Å². The van der Waals surface area contributed by atoms with E-state index in [4.69, 9.17) is 24.5 Å². The highest BCUT2D eigenvalue weighted by molar-refractivity contribution is 5.83. The van der Waals surface area contributed by atoms with Crippen LogP contribution in [0.5, 0.6) is 11.5 Å². The lowest BCUT2D eigenvalue weighted by Crippen LogP contribution is -2.31. The molecule has 2 heterocycles. The highest BCUT2D eigenvalue weighted by atomic mass is 16.5. The van der Waals surface area contributed by atoms with Gasteiger partial charge in [0.1, 0.15) is 18.1 Å². The van der Waals surface area contributed by atoms with E-state index in [1.807, 2.05) is 44.2 Å². The number of ether oxygens (including phenoxy) is 2. The molecule has 1 aliphatic rings. The van der Waals surface area contributed by atoms with Crippen molar-refractivity contribution in [2.45, 2.75) is 26.8 Å². The molecule has 0 amide bonds. The number of rotatable bonds is 8. The van der Waals surface area contributed by atoms with Gasteiger partial charge in [0.2, 0.25) is 5.95 Å². The second-order valence-electron chi connectivity index (χ2n) is 8.05. The highest BCUT2D eigenvalue weighted by Gasteiger charge is 2.18. The van der Waals surface area contributed by atoms with Crippen LogP contribution in [0.3, 0.4) is 0 Å². The summed E-state index contributed by atoms with van der Waals surface area (Å²) >= 11 is 0. The minimum absolute atomic E-state index is 0.0286. The first-order valence-electron chi connectivity index (χ1n) is 11.4. The fourth-order valence-electron chi connectivity index (χ4n) is 4.09. The summed E-state index contributed by atoms with van der Waals surface area (Å²) in [7, 11) is 0. The molecule has 0 aliphatic carbocycles. The summed E-state index contributed by atoms with van der Waals surface area (Å²) in [6.45, 7) is 9.80. The lowest BCUT2D eigenvalue weighted by atomic mass is 10.2. The van der Waals surface area contributed by atoms with E-state index in [2.05, 4.69) is 21.9 Å². The molecule has 3 aromatic rings. The summed E-state index contributed by atoms with van der Waals surface area (Å²) in [6, 6.07) is 14.2. The van der Waals surface area contributed by atoms with Gasteiger partial charge in [-0.2, -0.15) is 0 Å². The van der Waals surface area contributed by atoms with Crippen LogP contribution in [0.25, 0.3) is 10.9 Å². The number of aryl methyl sites for hydroxylation is 1. The third kappa shape index (κ3) is 5.47. The zero-order valence-corrected chi connectivity index (χ0v) is 19.0. The SMILES string of the molecule is CCOc1ccc2nc(N3CCCN(Cc4ccc(OCCO)cc4)CC3)nc(C)c2c1. The van der Waals surface area contributed by atoms with Crippen molar-refractivity contribution in [3.8, 4) is 11.5 Å². The molecule has 1 fully saturated rings. The van der Waals surface area contributed by atoms with E-state index in [9.17, 15) is 0 Å². The smallest absolute Gasteiger partial charge is 0.226 e. The Morgan fingerprint density at radius 2 is 1.75 bits per heavy atom. The Hall–Kier alpha value is -2.90. The first kappa shape index (κ1) is 22.3. The lowest BCUT2D eigenvalue weighted by molar-refractivity contribution is 0.201. The number of benzene rings is 2. The fraction of sp³-hybridized carbons (Fsp3) is 0.440. The average molecular weight is 437 g/mol. The molecule has 7 nitrogen and oxygen atoms in total. The number of nitrogens with zero attached hydrogens (tertiary/aromatic N) is 4. The molecule has 7 heteroatoms. The van der Waals surface area contributed by atoms with Crippen molar-refractivity contribution < 1.29 is 14.6 Å². The number of aliphatic hydroxyl groups is 1. The molecule has 4 rings (SSSR count). The predicted octanol–water partition coefficient (Wildman–Crippen LogP) is 3.42. The first-order chi connectivity index (χ1) is 15.7. The fourth-order valence-corrected chi connectivity index (χ4v) is 4.09. The molecule has 2 aromatic carbocycles. The van der Waals surface area contributed by atoms with E-state index >= 15 is 0 Å². The van der Waals surface area contributed by atoms with Crippen molar-refractivity contribution in [3.05, 3.63) is 53.7 Å². The van der Waals surface area contributed by atoms with Gasteiger partial charge in [0.05, 0.1) is 24.4 Å². The van der Waals surface area contributed by atoms with Gasteiger partial charge < -0.3 is 19.5 Å². The summed E-state index contributed by atoms with van der Waals surface area (Å²) in [5.74, 6) is 2.46. The van der Waals surface area contributed by atoms with Gasteiger partial charge in [-0.15, -0.1) is 0 Å². The summed E-state index contributed by atoms with van der Waals surface area (Å²) in [5.41, 5.74) is 3.20. The third-order valence-corrected chi connectivity index (χ3v) is 5.72. The molecular weight excluding hydrogens is 404 g/mol. The number of hydrogen-bond donors (Lipinski definition) is 1. The standard InChI is InChI=1S/C25H32N4O3/c1-3-31-22-9-10-24-23(17-22)19(2)26-25(27-24)29-12-4-11-28(13-14-29)18-20-5-7-21(8-6-20)32-16-15-30/h5-10,17,30H,3-4,11-16,18H2,1-2H3. The number of hydrogen-bond acceptors (Lipinski definition) is 7. The molecule has 1 aliphatic heterocycles. The lowest BCUT2D eigenvalue weighted by Gasteiger charge is -2.22. The molecule has 0 bridgehead atoms. The Labute approximate surface area is 189 Å². The second-order valence-corrected chi connectivity index (χ2v) is 8.05. The highest BCUT2D eigenvalue weighted by Crippen LogP contribution is 2.25. The van der Waals surface area contributed by atoms with Gasteiger partial charge in [0.25, 0.3) is 0 Å². The predicted molar refractivity (Wildman–Crippen MR) is 127 cm³/mol. The van der Waals surface area contributed by atoms with Crippen molar-refractivity contribution in [2.24, 2.45) is 0 Å². The van der Waals surface area contributed by atoms with Crippen molar-refractivity contribution >= 4 is 16.9 Å². The van der Waals surface area contributed by atoms with Gasteiger partial charge in [-0.1, -0.05) is 12.1 Å². The Bertz CT molecular complexity index is 1030. The quantitative estimate of drug-likeness (QED) is 0.580. The molecule has 1 saturated heterocycles. The largest absolute Gasteiger partial charge is 0.494 e. The molecular formula is C25H32N4O3. The maximum atomic E-state index is 8.88. The molecule has 0 spiro atoms. The topological polar surface area (TPSA) is 71.0 Å². The van der Waals surface area contributed by atoms with Gasteiger partial charge in [0, 0.05) is 38.1 Å². The molecule has 1 aromatic heterocycles. The Balaban J connectivity index is 1.40. The Kier molecular flexibility index (Phi) is 7.39. The zero-order chi connectivity index (χ0) is 22.3.